The van der Waals surface area contributed by atoms with E-state index in [1.807, 2.05) is 12.1 Å². The quantitative estimate of drug-likeness (QED) is 0.789. The number of methoxy groups -OCH3 is 1. The SMILES string of the molecule is COCCOc1cnc2ccn(CC3CCC(C(=O)O)CC3)c2c1. The Balaban J connectivity index is 1.66. The summed E-state index contributed by atoms with van der Waals surface area (Å²) in [5.41, 5.74) is 2.01. The Hall–Kier alpha value is -2.08. The second-order valence-electron chi connectivity index (χ2n) is 6.44. The summed E-state index contributed by atoms with van der Waals surface area (Å²) < 4.78 is 12.8. The number of hydrogen-bond donors (Lipinski definition) is 1. The Morgan fingerprint density at radius 1 is 1.33 bits per heavy atom. The molecule has 3 rings (SSSR count). The molecule has 6 heteroatoms. The van der Waals surface area contributed by atoms with Gasteiger partial charge in [-0.3, -0.25) is 9.78 Å². The van der Waals surface area contributed by atoms with Crippen LogP contribution < -0.4 is 4.74 Å². The van der Waals surface area contributed by atoms with Crippen LogP contribution in [0.5, 0.6) is 5.75 Å². The van der Waals surface area contributed by atoms with E-state index in [4.69, 9.17) is 14.6 Å². The molecule has 1 aliphatic rings. The minimum absolute atomic E-state index is 0.162. The minimum atomic E-state index is -0.651. The van der Waals surface area contributed by atoms with Crippen LogP contribution in [-0.4, -0.2) is 41.0 Å². The summed E-state index contributed by atoms with van der Waals surface area (Å²) in [6.45, 7) is 1.95. The summed E-state index contributed by atoms with van der Waals surface area (Å²) in [6.07, 6.45) is 7.29. The average Bonchev–Trinajstić information content (AvgIpc) is 2.98. The predicted octanol–water partition coefficient (Wildman–Crippen LogP) is 2.95. The van der Waals surface area contributed by atoms with Gasteiger partial charge in [-0.05, 0) is 37.7 Å². The first-order valence-electron chi connectivity index (χ1n) is 8.47. The van der Waals surface area contributed by atoms with Crippen LogP contribution >= 0.6 is 0 Å². The van der Waals surface area contributed by atoms with Crippen molar-refractivity contribution in [3.63, 3.8) is 0 Å². The van der Waals surface area contributed by atoms with Crippen molar-refractivity contribution in [3.8, 4) is 5.75 Å². The zero-order chi connectivity index (χ0) is 16.9. The van der Waals surface area contributed by atoms with Gasteiger partial charge < -0.3 is 19.1 Å². The van der Waals surface area contributed by atoms with Gasteiger partial charge in [-0.2, -0.15) is 0 Å². The lowest BCUT2D eigenvalue weighted by Gasteiger charge is -2.26. The lowest BCUT2D eigenvalue weighted by atomic mass is 9.82. The third kappa shape index (κ3) is 3.87. The zero-order valence-corrected chi connectivity index (χ0v) is 14.0. The largest absolute Gasteiger partial charge is 0.489 e. The standard InChI is InChI=1S/C18H24N2O4/c1-23-8-9-24-15-10-17-16(19-11-15)6-7-20(17)12-13-2-4-14(5-3-13)18(21)22/h6-7,10-11,13-14H,2-5,8-9,12H2,1H3,(H,21,22). The third-order valence-electron chi connectivity index (χ3n) is 4.80. The van der Waals surface area contributed by atoms with E-state index >= 15 is 0 Å². The van der Waals surface area contributed by atoms with E-state index in [9.17, 15) is 4.79 Å². The lowest BCUT2D eigenvalue weighted by Crippen LogP contribution is -2.23. The number of pyridine rings is 1. The molecule has 1 fully saturated rings. The molecule has 0 unspecified atom stereocenters. The molecule has 0 saturated heterocycles. The Bertz CT molecular complexity index is 689. The first-order chi connectivity index (χ1) is 11.7. The van der Waals surface area contributed by atoms with E-state index in [1.165, 1.54) is 0 Å². The van der Waals surface area contributed by atoms with Crippen molar-refractivity contribution in [2.45, 2.75) is 32.2 Å². The molecule has 0 radical (unpaired) electrons. The van der Waals surface area contributed by atoms with Crippen molar-refractivity contribution >= 4 is 17.0 Å². The normalized spacial score (nSPS) is 21.0. The topological polar surface area (TPSA) is 73.6 Å². The highest BCUT2D eigenvalue weighted by atomic mass is 16.5. The second kappa shape index (κ2) is 7.66. The van der Waals surface area contributed by atoms with Gasteiger partial charge in [0.2, 0.25) is 0 Å². The molecule has 0 spiro atoms. The van der Waals surface area contributed by atoms with Crippen LogP contribution in [0, 0.1) is 11.8 Å². The number of nitrogens with zero attached hydrogens (tertiary/aromatic N) is 2. The highest BCUT2D eigenvalue weighted by Gasteiger charge is 2.26. The minimum Gasteiger partial charge on any atom is -0.489 e. The third-order valence-corrected chi connectivity index (χ3v) is 4.80. The number of aromatic nitrogens is 2. The van der Waals surface area contributed by atoms with E-state index in [2.05, 4.69) is 15.7 Å². The number of ether oxygens (including phenoxy) is 2. The maximum absolute atomic E-state index is 11.1. The number of carbonyl (C=O) groups is 1. The highest BCUT2D eigenvalue weighted by Crippen LogP contribution is 2.31. The fraction of sp³-hybridized carbons (Fsp3) is 0.556. The Morgan fingerprint density at radius 3 is 2.83 bits per heavy atom. The molecule has 0 aromatic carbocycles. The Labute approximate surface area is 141 Å². The zero-order valence-electron chi connectivity index (χ0n) is 14.0. The van der Waals surface area contributed by atoms with Gasteiger partial charge in [0.1, 0.15) is 12.4 Å². The van der Waals surface area contributed by atoms with E-state index < -0.39 is 5.97 Å². The summed E-state index contributed by atoms with van der Waals surface area (Å²) >= 11 is 0. The van der Waals surface area contributed by atoms with E-state index in [0.29, 0.717) is 19.1 Å². The van der Waals surface area contributed by atoms with Gasteiger partial charge in [0.05, 0.1) is 29.8 Å². The van der Waals surface area contributed by atoms with Gasteiger partial charge >= 0.3 is 5.97 Å². The molecule has 1 aliphatic carbocycles. The molecule has 24 heavy (non-hydrogen) atoms. The van der Waals surface area contributed by atoms with E-state index in [-0.39, 0.29) is 5.92 Å². The van der Waals surface area contributed by atoms with Crippen molar-refractivity contribution in [2.24, 2.45) is 11.8 Å². The van der Waals surface area contributed by atoms with Gasteiger partial charge in [0.15, 0.2) is 0 Å². The highest BCUT2D eigenvalue weighted by molar-refractivity contribution is 5.77. The van der Waals surface area contributed by atoms with Gasteiger partial charge in [0.25, 0.3) is 0 Å². The molecule has 0 amide bonds. The molecule has 2 heterocycles. The van der Waals surface area contributed by atoms with E-state index in [0.717, 1.165) is 49.0 Å². The smallest absolute Gasteiger partial charge is 0.306 e. The molecule has 2 aromatic heterocycles. The summed E-state index contributed by atoms with van der Waals surface area (Å²) in [5, 5.41) is 9.11. The van der Waals surface area contributed by atoms with Crippen molar-refractivity contribution in [3.05, 3.63) is 24.5 Å². The maximum atomic E-state index is 11.1. The molecular weight excluding hydrogens is 308 g/mol. The number of rotatable bonds is 7. The molecule has 1 saturated carbocycles. The van der Waals surface area contributed by atoms with Crippen LogP contribution in [0.1, 0.15) is 25.7 Å². The number of hydrogen-bond acceptors (Lipinski definition) is 4. The van der Waals surface area contributed by atoms with Gasteiger partial charge in [-0.1, -0.05) is 0 Å². The summed E-state index contributed by atoms with van der Waals surface area (Å²) in [7, 11) is 1.65. The lowest BCUT2D eigenvalue weighted by molar-refractivity contribution is -0.143. The molecule has 0 atom stereocenters. The van der Waals surface area contributed by atoms with Gasteiger partial charge in [-0.25, -0.2) is 0 Å². The summed E-state index contributed by atoms with van der Waals surface area (Å²) in [4.78, 5) is 15.5. The fourth-order valence-electron chi connectivity index (χ4n) is 3.40. The summed E-state index contributed by atoms with van der Waals surface area (Å²) in [5.74, 6) is 0.454. The van der Waals surface area contributed by atoms with Crippen LogP contribution in [0.25, 0.3) is 11.0 Å². The number of carboxylic acid groups (broad SMARTS) is 1. The number of carboxylic acids is 1. The molecule has 0 aliphatic heterocycles. The van der Waals surface area contributed by atoms with Crippen LogP contribution in [0.15, 0.2) is 24.5 Å². The molecule has 0 bridgehead atoms. The van der Waals surface area contributed by atoms with Crippen LogP contribution in [0.2, 0.25) is 0 Å². The predicted molar refractivity (Wildman–Crippen MR) is 90.2 cm³/mol. The first kappa shape index (κ1) is 16.8. The second-order valence-corrected chi connectivity index (χ2v) is 6.44. The molecule has 130 valence electrons. The number of aliphatic carboxylic acids is 1. The summed E-state index contributed by atoms with van der Waals surface area (Å²) in [6, 6.07) is 4.03. The molecule has 2 aromatic rings. The molecular formula is C18H24N2O4. The number of fused-ring (bicyclic) bond motifs is 1. The molecule has 1 N–H and O–H groups in total. The van der Waals surface area contributed by atoms with Crippen LogP contribution in [0.4, 0.5) is 0 Å². The van der Waals surface area contributed by atoms with Crippen molar-refractivity contribution < 1.29 is 19.4 Å². The Kier molecular flexibility index (Phi) is 5.35. The van der Waals surface area contributed by atoms with E-state index in [1.54, 1.807) is 13.3 Å². The molecule has 6 nitrogen and oxygen atoms in total. The van der Waals surface area contributed by atoms with Crippen LogP contribution in [-0.2, 0) is 16.1 Å². The van der Waals surface area contributed by atoms with Crippen LogP contribution in [0.3, 0.4) is 0 Å². The fourth-order valence-corrected chi connectivity index (χ4v) is 3.40. The van der Waals surface area contributed by atoms with Gasteiger partial charge in [-0.15, -0.1) is 0 Å². The average molecular weight is 332 g/mol. The Morgan fingerprint density at radius 2 is 2.12 bits per heavy atom. The van der Waals surface area contributed by atoms with Crippen molar-refractivity contribution in [1.29, 1.82) is 0 Å². The first-order valence-corrected chi connectivity index (χ1v) is 8.47. The van der Waals surface area contributed by atoms with Gasteiger partial charge in [0, 0.05) is 25.9 Å². The maximum Gasteiger partial charge on any atom is 0.306 e. The monoisotopic (exact) mass is 332 g/mol. The van der Waals surface area contributed by atoms with Crippen molar-refractivity contribution in [2.75, 3.05) is 20.3 Å². The van der Waals surface area contributed by atoms with Crippen molar-refractivity contribution in [1.82, 2.24) is 9.55 Å².